The molecule has 0 bridgehead atoms. The van der Waals surface area contributed by atoms with Crippen LogP contribution in [-0.4, -0.2) is 52.5 Å². The number of carbonyl (C=O) groups is 1. The highest BCUT2D eigenvalue weighted by Gasteiger charge is 2.37. The van der Waals surface area contributed by atoms with Gasteiger partial charge in [0.15, 0.2) is 6.19 Å². The first-order chi connectivity index (χ1) is 18.1. The summed E-state index contributed by atoms with van der Waals surface area (Å²) in [6.45, 7) is 4.46. The first-order valence-corrected chi connectivity index (χ1v) is 11.9. The van der Waals surface area contributed by atoms with E-state index < -0.39 is 29.3 Å². The fourth-order valence-electron chi connectivity index (χ4n) is 4.39. The van der Waals surface area contributed by atoms with Gasteiger partial charge in [-0.05, 0) is 48.4 Å². The van der Waals surface area contributed by atoms with Gasteiger partial charge in [0.1, 0.15) is 5.82 Å². The molecule has 198 valence electrons. The number of aliphatic imine (C=N–C) groups is 1. The van der Waals surface area contributed by atoms with Crippen molar-refractivity contribution in [2.24, 2.45) is 10.9 Å². The second kappa shape index (κ2) is 10.9. The van der Waals surface area contributed by atoms with E-state index in [-0.39, 0.29) is 31.6 Å². The van der Waals surface area contributed by atoms with E-state index in [1.165, 1.54) is 4.90 Å². The van der Waals surface area contributed by atoms with Gasteiger partial charge in [0, 0.05) is 31.2 Å². The van der Waals surface area contributed by atoms with Crippen molar-refractivity contribution in [2.75, 3.05) is 25.0 Å². The third-order valence-electron chi connectivity index (χ3n) is 6.29. The molecule has 0 spiro atoms. The number of anilines is 1. The van der Waals surface area contributed by atoms with Crippen molar-refractivity contribution in [3.8, 4) is 6.19 Å². The van der Waals surface area contributed by atoms with Crippen molar-refractivity contribution in [2.45, 2.75) is 26.1 Å². The number of hydrogen-bond donors (Lipinski definition) is 2. The molecule has 1 aromatic heterocycles. The number of piperazine rings is 1. The minimum Gasteiger partial charge on any atom is -0.335 e. The molecule has 0 radical (unpaired) electrons. The van der Waals surface area contributed by atoms with E-state index in [1.54, 1.807) is 18.3 Å². The summed E-state index contributed by atoms with van der Waals surface area (Å²) in [5.41, 5.74) is -0.439. The summed E-state index contributed by atoms with van der Waals surface area (Å²) in [4.78, 5) is 25.3. The van der Waals surface area contributed by atoms with Gasteiger partial charge >= 0.3 is 12.2 Å². The van der Waals surface area contributed by atoms with Crippen LogP contribution in [0.25, 0.3) is 10.9 Å². The molecule has 1 saturated heterocycles. The molecule has 2 heterocycles. The molecule has 1 fully saturated rings. The van der Waals surface area contributed by atoms with Gasteiger partial charge in [0.05, 0.1) is 28.5 Å². The molecule has 0 aliphatic carbocycles. The Morgan fingerprint density at radius 2 is 1.97 bits per heavy atom. The highest BCUT2D eigenvalue weighted by molar-refractivity contribution is 5.94. The number of benzene rings is 2. The van der Waals surface area contributed by atoms with Gasteiger partial charge in [0.25, 0.3) is 0 Å². The number of amides is 2. The van der Waals surface area contributed by atoms with Crippen molar-refractivity contribution in [1.29, 1.82) is 5.26 Å². The van der Waals surface area contributed by atoms with Crippen molar-refractivity contribution in [3.05, 3.63) is 66.1 Å². The van der Waals surface area contributed by atoms with Gasteiger partial charge in [-0.1, -0.05) is 19.9 Å². The Kier molecular flexibility index (Phi) is 7.66. The Morgan fingerprint density at radius 3 is 2.68 bits per heavy atom. The summed E-state index contributed by atoms with van der Waals surface area (Å²) >= 11 is 0. The van der Waals surface area contributed by atoms with Crippen molar-refractivity contribution in [1.82, 2.24) is 20.1 Å². The monoisotopic (exact) mass is 527 g/mol. The Bertz CT molecular complexity index is 1400. The number of urea groups is 1. The fourth-order valence-corrected chi connectivity index (χ4v) is 4.39. The van der Waals surface area contributed by atoms with Crippen LogP contribution in [0.3, 0.4) is 0 Å². The first-order valence-electron chi connectivity index (χ1n) is 11.9. The second-order valence-corrected chi connectivity index (χ2v) is 9.09. The Morgan fingerprint density at radius 1 is 1.18 bits per heavy atom. The van der Waals surface area contributed by atoms with Crippen LogP contribution in [0, 0.1) is 23.2 Å². The molecule has 2 amide bonds. The Balaban J connectivity index is 1.59. The molecule has 1 aliphatic heterocycles. The molecule has 1 unspecified atom stereocenters. The normalized spacial score (nSPS) is 16.5. The summed E-state index contributed by atoms with van der Waals surface area (Å²) < 4.78 is 53.6. The van der Waals surface area contributed by atoms with E-state index in [2.05, 4.69) is 15.6 Å². The van der Waals surface area contributed by atoms with Gasteiger partial charge in [-0.25, -0.2) is 14.2 Å². The molecule has 1 aliphatic rings. The van der Waals surface area contributed by atoms with Crippen LogP contribution < -0.4 is 10.6 Å². The lowest BCUT2D eigenvalue weighted by Gasteiger charge is -2.44. The predicted molar refractivity (Wildman–Crippen MR) is 135 cm³/mol. The number of rotatable bonds is 3. The quantitative estimate of drug-likeness (QED) is 0.158. The molecule has 8 nitrogen and oxygen atoms in total. The van der Waals surface area contributed by atoms with Gasteiger partial charge in [-0.3, -0.25) is 10.3 Å². The maximum Gasteiger partial charge on any atom is 0.418 e. The lowest BCUT2D eigenvalue weighted by atomic mass is 10.00. The Hall–Kier alpha value is -4.40. The molecule has 3 aromatic rings. The SMILES string of the molecule is CC(C)C1CN(C(=O)Nc2ccc(F)cc2C(F)(F)F)CCN1C(=Nc1cccc2ncccc12)NC#N. The average Bonchev–Trinajstić information content (AvgIpc) is 2.88. The summed E-state index contributed by atoms with van der Waals surface area (Å²) in [7, 11) is 0. The van der Waals surface area contributed by atoms with Crippen molar-refractivity contribution < 1.29 is 22.4 Å². The molecule has 12 heteroatoms. The summed E-state index contributed by atoms with van der Waals surface area (Å²) in [5, 5.41) is 15.1. The van der Waals surface area contributed by atoms with E-state index in [1.807, 2.05) is 43.1 Å². The predicted octanol–water partition coefficient (Wildman–Crippen LogP) is 5.33. The zero-order valence-electron chi connectivity index (χ0n) is 20.6. The maximum atomic E-state index is 13.5. The van der Waals surface area contributed by atoms with Crippen LogP contribution in [-0.2, 0) is 6.18 Å². The highest BCUT2D eigenvalue weighted by atomic mass is 19.4. The lowest BCUT2D eigenvalue weighted by molar-refractivity contribution is -0.137. The number of nitrogens with one attached hydrogen (secondary N) is 2. The standard InChI is InChI=1S/C26H25F4N7O/c1-16(2)23-14-36(25(38)35-22-9-8-17(27)13-19(22)26(28,29)30)11-12-37(23)24(33-15-31)34-21-7-3-6-20-18(21)5-4-10-32-20/h3-10,13,16,23H,11-12,14H2,1-2H3,(H,33,34)(H,35,38). The van der Waals surface area contributed by atoms with Crippen molar-refractivity contribution >= 4 is 34.3 Å². The first kappa shape index (κ1) is 26.7. The van der Waals surface area contributed by atoms with Crippen LogP contribution in [0.5, 0.6) is 0 Å². The Labute approximate surface area is 216 Å². The minimum atomic E-state index is -4.84. The summed E-state index contributed by atoms with van der Waals surface area (Å²) in [5.74, 6) is -0.773. The van der Waals surface area contributed by atoms with Crippen LogP contribution in [0.15, 0.2) is 59.7 Å². The summed E-state index contributed by atoms with van der Waals surface area (Å²) in [6.07, 6.45) is -1.25. The molecular weight excluding hydrogens is 502 g/mol. The smallest absolute Gasteiger partial charge is 0.335 e. The minimum absolute atomic E-state index is 0.0120. The van der Waals surface area contributed by atoms with Gasteiger partial charge in [0.2, 0.25) is 5.96 Å². The number of carbonyl (C=O) groups excluding carboxylic acids is 1. The van der Waals surface area contributed by atoms with E-state index in [9.17, 15) is 27.6 Å². The summed E-state index contributed by atoms with van der Waals surface area (Å²) in [6, 6.07) is 10.2. The average molecular weight is 528 g/mol. The fraction of sp³-hybridized carbons (Fsp3) is 0.308. The molecular formula is C26H25F4N7O. The number of halogens is 4. The largest absolute Gasteiger partial charge is 0.418 e. The van der Waals surface area contributed by atoms with Crippen LogP contribution in [0.4, 0.5) is 33.7 Å². The number of pyridine rings is 1. The number of aromatic nitrogens is 1. The van der Waals surface area contributed by atoms with E-state index in [0.717, 1.165) is 23.0 Å². The van der Waals surface area contributed by atoms with E-state index in [4.69, 9.17) is 4.99 Å². The van der Waals surface area contributed by atoms with Crippen molar-refractivity contribution in [3.63, 3.8) is 0 Å². The van der Waals surface area contributed by atoms with Crippen LogP contribution >= 0.6 is 0 Å². The van der Waals surface area contributed by atoms with E-state index in [0.29, 0.717) is 17.7 Å². The molecule has 2 N–H and O–H groups in total. The van der Waals surface area contributed by atoms with Crippen LogP contribution in [0.2, 0.25) is 0 Å². The molecule has 38 heavy (non-hydrogen) atoms. The highest BCUT2D eigenvalue weighted by Crippen LogP contribution is 2.35. The number of fused-ring (bicyclic) bond motifs is 1. The van der Waals surface area contributed by atoms with Gasteiger partial charge in [-0.15, -0.1) is 0 Å². The number of nitriles is 1. The molecule has 4 rings (SSSR count). The van der Waals surface area contributed by atoms with Gasteiger partial charge < -0.3 is 15.1 Å². The third-order valence-corrected chi connectivity index (χ3v) is 6.29. The number of alkyl halides is 3. The maximum absolute atomic E-state index is 13.5. The lowest BCUT2D eigenvalue weighted by Crippen LogP contribution is -2.60. The third kappa shape index (κ3) is 5.77. The van der Waals surface area contributed by atoms with Crippen LogP contribution in [0.1, 0.15) is 19.4 Å². The van der Waals surface area contributed by atoms with Gasteiger partial charge in [-0.2, -0.15) is 18.4 Å². The molecule has 2 aromatic carbocycles. The number of guanidine groups is 1. The number of hydrogen-bond acceptors (Lipinski definition) is 4. The number of nitrogens with zero attached hydrogens (tertiary/aromatic N) is 5. The second-order valence-electron chi connectivity index (χ2n) is 9.09. The topological polar surface area (TPSA) is 96.7 Å². The van der Waals surface area contributed by atoms with E-state index >= 15 is 0 Å². The zero-order chi connectivity index (χ0) is 27.4. The zero-order valence-corrected chi connectivity index (χ0v) is 20.6. The molecule has 1 atom stereocenters. The molecule has 0 saturated carbocycles.